The van der Waals surface area contributed by atoms with Crippen LogP contribution in [0.5, 0.6) is 5.75 Å². The molecule has 0 unspecified atom stereocenters. The summed E-state index contributed by atoms with van der Waals surface area (Å²) < 4.78 is 5.65. The highest BCUT2D eigenvalue weighted by Crippen LogP contribution is 2.41. The molecule has 2 aromatic carbocycles. The zero-order chi connectivity index (χ0) is 24.3. The van der Waals surface area contributed by atoms with E-state index in [9.17, 15) is 14.7 Å². The number of rotatable bonds is 8. The lowest BCUT2D eigenvalue weighted by molar-refractivity contribution is -0.139. The third-order valence-electron chi connectivity index (χ3n) is 5.30. The fourth-order valence-corrected chi connectivity index (χ4v) is 4.12. The minimum absolute atomic E-state index is 0.00610. The lowest BCUT2D eigenvalue weighted by Crippen LogP contribution is -2.32. The highest BCUT2D eigenvalue weighted by atomic mass is 35.5. The first-order valence-electron chi connectivity index (χ1n) is 10.7. The average molecular weight is 491 g/mol. The molecule has 0 radical (unpaired) electrons. The highest BCUT2D eigenvalue weighted by Gasteiger charge is 2.45. The van der Waals surface area contributed by atoms with E-state index in [2.05, 4.69) is 0 Å². The molecule has 0 aromatic heterocycles. The molecule has 0 aliphatic carbocycles. The summed E-state index contributed by atoms with van der Waals surface area (Å²) in [6.45, 7) is 4.94. The van der Waals surface area contributed by atoms with Crippen LogP contribution in [-0.4, -0.2) is 59.9 Å². The third kappa shape index (κ3) is 5.69. The van der Waals surface area contributed by atoms with Gasteiger partial charge in [-0.3, -0.25) is 9.59 Å². The Balaban J connectivity index is 2.06. The van der Waals surface area contributed by atoms with Crippen LogP contribution in [0.3, 0.4) is 0 Å². The summed E-state index contributed by atoms with van der Waals surface area (Å²) in [7, 11) is 3.88. The van der Waals surface area contributed by atoms with E-state index in [1.165, 1.54) is 4.90 Å². The molecule has 3 rings (SSSR count). The molecule has 6 nitrogen and oxygen atoms in total. The molecule has 0 saturated carbocycles. The number of likely N-dealkylation sites (tertiary alicyclic amines) is 1. The van der Waals surface area contributed by atoms with E-state index in [1.54, 1.807) is 42.5 Å². The monoisotopic (exact) mass is 490 g/mol. The second kappa shape index (κ2) is 10.6. The number of aliphatic hydroxyl groups excluding tert-OH is 1. The van der Waals surface area contributed by atoms with Crippen molar-refractivity contribution < 1.29 is 19.4 Å². The van der Waals surface area contributed by atoms with Gasteiger partial charge in [0, 0.05) is 12.1 Å². The Morgan fingerprint density at radius 2 is 1.76 bits per heavy atom. The number of ether oxygens (including phenoxy) is 1. The molecule has 1 aliphatic rings. The summed E-state index contributed by atoms with van der Waals surface area (Å²) in [6, 6.07) is 11.0. The predicted octanol–water partition coefficient (Wildman–Crippen LogP) is 5.15. The van der Waals surface area contributed by atoms with Crippen molar-refractivity contribution in [3.05, 3.63) is 69.2 Å². The first-order chi connectivity index (χ1) is 15.6. The van der Waals surface area contributed by atoms with Gasteiger partial charge in [-0.1, -0.05) is 29.3 Å². The van der Waals surface area contributed by atoms with Gasteiger partial charge in [-0.2, -0.15) is 0 Å². The molecule has 1 amide bonds. The Morgan fingerprint density at radius 1 is 1.09 bits per heavy atom. The Hall–Kier alpha value is -2.54. The van der Waals surface area contributed by atoms with Gasteiger partial charge in [0.15, 0.2) is 0 Å². The predicted molar refractivity (Wildman–Crippen MR) is 131 cm³/mol. The zero-order valence-electron chi connectivity index (χ0n) is 19.1. The number of carbonyl (C=O) groups is 2. The number of aliphatic hydroxyl groups is 1. The van der Waals surface area contributed by atoms with E-state index in [4.69, 9.17) is 27.9 Å². The topological polar surface area (TPSA) is 70.1 Å². The Bertz CT molecular complexity index is 1060. The molecule has 0 spiro atoms. The summed E-state index contributed by atoms with van der Waals surface area (Å²) in [6.07, 6.45) is 0.672. The van der Waals surface area contributed by atoms with Crippen LogP contribution in [0.2, 0.25) is 10.0 Å². The molecule has 1 saturated heterocycles. The molecule has 33 heavy (non-hydrogen) atoms. The van der Waals surface area contributed by atoms with Gasteiger partial charge in [-0.15, -0.1) is 0 Å². The zero-order valence-corrected chi connectivity index (χ0v) is 20.7. The summed E-state index contributed by atoms with van der Waals surface area (Å²) >= 11 is 12.3. The van der Waals surface area contributed by atoms with Crippen LogP contribution in [-0.2, 0) is 9.59 Å². The summed E-state index contributed by atoms with van der Waals surface area (Å²) in [5.74, 6) is -0.968. The van der Waals surface area contributed by atoms with Crippen LogP contribution in [0.15, 0.2) is 48.0 Å². The van der Waals surface area contributed by atoms with Crippen LogP contribution in [0.25, 0.3) is 5.76 Å². The normalized spacial score (nSPS) is 17.9. The number of ketones is 1. The number of hydrogen-bond donors (Lipinski definition) is 1. The molecular formula is C25H28Cl2N2O4. The molecule has 8 heteroatoms. The van der Waals surface area contributed by atoms with Gasteiger partial charge in [0.25, 0.3) is 11.7 Å². The first kappa shape index (κ1) is 25.1. The number of halogens is 2. The van der Waals surface area contributed by atoms with Gasteiger partial charge in [0.1, 0.15) is 11.5 Å². The number of nitrogens with zero attached hydrogens (tertiary/aromatic N) is 2. The van der Waals surface area contributed by atoms with Gasteiger partial charge in [-0.25, -0.2) is 0 Å². The maximum absolute atomic E-state index is 13.1. The molecule has 1 fully saturated rings. The lowest BCUT2D eigenvalue weighted by Gasteiger charge is -2.26. The van der Waals surface area contributed by atoms with Gasteiger partial charge in [0.05, 0.1) is 27.8 Å². The molecule has 1 heterocycles. The highest BCUT2D eigenvalue weighted by molar-refractivity contribution is 6.46. The van der Waals surface area contributed by atoms with Crippen molar-refractivity contribution >= 4 is 40.7 Å². The van der Waals surface area contributed by atoms with E-state index < -0.39 is 17.7 Å². The summed E-state index contributed by atoms with van der Waals surface area (Å²) in [4.78, 5) is 29.5. The van der Waals surface area contributed by atoms with E-state index in [1.807, 2.05) is 32.8 Å². The summed E-state index contributed by atoms with van der Waals surface area (Å²) in [5, 5.41) is 11.8. The number of hydrogen-bond acceptors (Lipinski definition) is 5. The van der Waals surface area contributed by atoms with Crippen LogP contribution in [0, 0.1) is 0 Å². The second-order valence-electron chi connectivity index (χ2n) is 8.51. The maximum atomic E-state index is 13.1. The Labute approximate surface area is 204 Å². The van der Waals surface area contributed by atoms with Gasteiger partial charge in [0.2, 0.25) is 0 Å². The summed E-state index contributed by atoms with van der Waals surface area (Å²) in [5.41, 5.74) is 1.05. The maximum Gasteiger partial charge on any atom is 0.295 e. The quantitative estimate of drug-likeness (QED) is 0.314. The minimum Gasteiger partial charge on any atom is -0.507 e. The largest absolute Gasteiger partial charge is 0.507 e. The number of Topliss-reactive ketones (excluding diaryl/α,β-unsaturated/α-hetero) is 1. The van der Waals surface area contributed by atoms with Crippen LogP contribution < -0.4 is 4.74 Å². The van der Waals surface area contributed by atoms with Gasteiger partial charge in [-0.05, 0) is 82.9 Å². The molecule has 1 atom stereocenters. The minimum atomic E-state index is -0.770. The van der Waals surface area contributed by atoms with Crippen molar-refractivity contribution in [1.82, 2.24) is 9.80 Å². The lowest BCUT2D eigenvalue weighted by atomic mass is 9.95. The van der Waals surface area contributed by atoms with Crippen molar-refractivity contribution in [3.8, 4) is 5.75 Å². The van der Waals surface area contributed by atoms with E-state index in [0.717, 1.165) is 6.54 Å². The average Bonchev–Trinajstić information content (AvgIpc) is 3.00. The number of amides is 1. The number of benzene rings is 2. The van der Waals surface area contributed by atoms with Gasteiger partial charge >= 0.3 is 0 Å². The molecular weight excluding hydrogens is 463 g/mol. The molecule has 2 aromatic rings. The van der Waals surface area contributed by atoms with Crippen molar-refractivity contribution in [2.45, 2.75) is 32.4 Å². The fraction of sp³-hybridized carbons (Fsp3) is 0.360. The van der Waals surface area contributed by atoms with E-state index in [-0.39, 0.29) is 17.4 Å². The SMILES string of the molecule is CC(C)Oc1ccc(C(O)=C2C(=O)C(=O)N(CCCN(C)C)[C@H]2c2ccc(Cl)c(Cl)c2)cc1. The smallest absolute Gasteiger partial charge is 0.295 e. The molecule has 1 aliphatic heterocycles. The van der Waals surface area contributed by atoms with E-state index in [0.29, 0.717) is 39.9 Å². The number of carbonyl (C=O) groups excluding carboxylic acids is 2. The van der Waals surface area contributed by atoms with Gasteiger partial charge < -0.3 is 19.6 Å². The van der Waals surface area contributed by atoms with E-state index >= 15 is 0 Å². The van der Waals surface area contributed by atoms with Crippen molar-refractivity contribution in [3.63, 3.8) is 0 Å². The Morgan fingerprint density at radius 3 is 2.33 bits per heavy atom. The molecule has 1 N–H and O–H groups in total. The van der Waals surface area contributed by atoms with Crippen LogP contribution in [0.1, 0.15) is 37.4 Å². The van der Waals surface area contributed by atoms with Crippen LogP contribution in [0.4, 0.5) is 0 Å². The van der Waals surface area contributed by atoms with Crippen molar-refractivity contribution in [2.75, 3.05) is 27.2 Å². The van der Waals surface area contributed by atoms with Crippen molar-refractivity contribution in [2.24, 2.45) is 0 Å². The third-order valence-corrected chi connectivity index (χ3v) is 6.04. The van der Waals surface area contributed by atoms with Crippen molar-refractivity contribution in [1.29, 1.82) is 0 Å². The fourth-order valence-electron chi connectivity index (χ4n) is 3.82. The Kier molecular flexibility index (Phi) is 8.05. The molecule has 0 bridgehead atoms. The standard InChI is InChI=1S/C25H28Cl2N2O4/c1-15(2)33-18-9-6-16(7-10-18)23(30)21-22(17-8-11-19(26)20(27)14-17)29(25(32)24(21)31)13-5-12-28(3)4/h6-11,14-15,22,30H,5,12-13H2,1-4H3/t22-/m0/s1. The second-order valence-corrected chi connectivity index (χ2v) is 9.33. The molecule has 176 valence electrons. The van der Waals surface area contributed by atoms with Crippen LogP contribution >= 0.6 is 23.2 Å². The first-order valence-corrected chi connectivity index (χ1v) is 11.5.